The third kappa shape index (κ3) is 3.82. The first-order valence-electron chi connectivity index (χ1n) is 6.31. The molecular formula is C14H16N4O3. The molecule has 7 heteroatoms. The van der Waals surface area contributed by atoms with Crippen LogP contribution in [0.3, 0.4) is 0 Å². The van der Waals surface area contributed by atoms with Gasteiger partial charge in [-0.1, -0.05) is 12.1 Å². The van der Waals surface area contributed by atoms with E-state index in [9.17, 15) is 14.7 Å². The van der Waals surface area contributed by atoms with E-state index in [1.165, 1.54) is 10.9 Å². The van der Waals surface area contributed by atoms with Crippen molar-refractivity contribution in [1.29, 1.82) is 0 Å². The van der Waals surface area contributed by atoms with Crippen LogP contribution in [0.4, 0.5) is 5.69 Å². The normalized spacial score (nSPS) is 11.9. The Labute approximate surface area is 121 Å². The van der Waals surface area contributed by atoms with Gasteiger partial charge in [-0.15, -0.1) is 0 Å². The largest absolute Gasteiger partial charge is 0.479 e. The monoisotopic (exact) mass is 288 g/mol. The zero-order chi connectivity index (χ0) is 15.4. The zero-order valence-electron chi connectivity index (χ0n) is 11.5. The number of carboxylic acid groups (broad SMARTS) is 1. The van der Waals surface area contributed by atoms with Crippen molar-refractivity contribution in [2.45, 2.75) is 12.5 Å². The smallest absolute Gasteiger partial charge is 0.331 e. The second-order valence-electron chi connectivity index (χ2n) is 4.70. The molecular weight excluding hydrogens is 272 g/mol. The number of hydrogen-bond donors (Lipinski definition) is 3. The Morgan fingerprint density at radius 3 is 2.57 bits per heavy atom. The molecule has 0 aliphatic rings. The summed E-state index contributed by atoms with van der Waals surface area (Å²) in [6, 6.07) is 5.74. The number of nitrogens with two attached hydrogens (primary N) is 1. The summed E-state index contributed by atoms with van der Waals surface area (Å²) < 4.78 is 1.48. The van der Waals surface area contributed by atoms with Crippen LogP contribution in [0.1, 0.15) is 17.2 Å². The maximum atomic E-state index is 12.0. The van der Waals surface area contributed by atoms with Crippen molar-refractivity contribution in [1.82, 2.24) is 15.1 Å². The Morgan fingerprint density at radius 2 is 2.05 bits per heavy atom. The molecule has 0 aliphatic carbocycles. The Bertz CT molecular complexity index is 648. The molecule has 0 bridgehead atoms. The number of nitrogen functional groups attached to an aromatic ring is 1. The van der Waals surface area contributed by atoms with E-state index in [2.05, 4.69) is 10.4 Å². The van der Waals surface area contributed by atoms with Gasteiger partial charge in [0, 0.05) is 24.5 Å². The lowest BCUT2D eigenvalue weighted by Gasteiger charge is -2.13. The van der Waals surface area contributed by atoms with Gasteiger partial charge in [0.15, 0.2) is 6.04 Å². The molecule has 1 amide bonds. The second kappa shape index (κ2) is 6.08. The number of aryl methyl sites for hydroxylation is 1. The number of carboxylic acids is 1. The molecule has 0 fully saturated rings. The van der Waals surface area contributed by atoms with Crippen LogP contribution < -0.4 is 11.1 Å². The highest BCUT2D eigenvalue weighted by atomic mass is 16.4. The Morgan fingerprint density at radius 1 is 1.38 bits per heavy atom. The number of nitrogens with zero attached hydrogens (tertiary/aromatic N) is 2. The molecule has 2 aromatic rings. The van der Waals surface area contributed by atoms with Gasteiger partial charge >= 0.3 is 5.97 Å². The number of rotatable bonds is 5. The first-order valence-corrected chi connectivity index (χ1v) is 6.31. The molecule has 0 radical (unpaired) electrons. The van der Waals surface area contributed by atoms with Crippen molar-refractivity contribution in [3.05, 3.63) is 47.8 Å². The van der Waals surface area contributed by atoms with E-state index in [0.717, 1.165) is 5.56 Å². The summed E-state index contributed by atoms with van der Waals surface area (Å²) in [6.45, 7) is 0. The summed E-state index contributed by atoms with van der Waals surface area (Å²) in [5.74, 6) is -1.51. The van der Waals surface area contributed by atoms with Crippen molar-refractivity contribution in [2.24, 2.45) is 7.05 Å². The number of carbonyl (C=O) groups is 2. The molecule has 1 unspecified atom stereocenters. The minimum absolute atomic E-state index is 0.0876. The molecule has 1 aromatic carbocycles. The summed E-state index contributed by atoms with van der Waals surface area (Å²) in [7, 11) is 1.68. The van der Waals surface area contributed by atoms with Crippen LogP contribution in [0.2, 0.25) is 0 Å². The first-order chi connectivity index (χ1) is 9.95. The summed E-state index contributed by atoms with van der Waals surface area (Å²) in [5, 5.41) is 15.6. The van der Waals surface area contributed by atoms with Gasteiger partial charge in [0.05, 0.1) is 12.6 Å². The second-order valence-corrected chi connectivity index (χ2v) is 4.70. The summed E-state index contributed by atoms with van der Waals surface area (Å²) in [5.41, 5.74) is 7.37. The van der Waals surface area contributed by atoms with Gasteiger partial charge in [-0.2, -0.15) is 5.10 Å². The van der Waals surface area contributed by atoms with Crippen LogP contribution in [0.15, 0.2) is 36.7 Å². The number of aliphatic carboxylic acids is 1. The van der Waals surface area contributed by atoms with Crippen molar-refractivity contribution in [2.75, 3.05) is 5.73 Å². The average Bonchev–Trinajstić information content (AvgIpc) is 2.85. The van der Waals surface area contributed by atoms with Gasteiger partial charge in [0.25, 0.3) is 0 Å². The van der Waals surface area contributed by atoms with Gasteiger partial charge in [-0.3, -0.25) is 9.48 Å². The molecule has 0 spiro atoms. The zero-order valence-corrected chi connectivity index (χ0v) is 11.5. The molecule has 0 saturated carbocycles. The minimum atomic E-state index is -1.13. The van der Waals surface area contributed by atoms with Crippen molar-refractivity contribution < 1.29 is 14.7 Å². The van der Waals surface area contributed by atoms with E-state index in [1.807, 2.05) is 0 Å². The lowest BCUT2D eigenvalue weighted by molar-refractivity contribution is -0.141. The predicted octanol–water partition coefficient (Wildman–Crippen LogP) is 0.487. The highest BCUT2D eigenvalue weighted by Crippen LogP contribution is 2.13. The lowest BCUT2D eigenvalue weighted by atomic mass is 10.1. The third-order valence-electron chi connectivity index (χ3n) is 2.95. The number of nitrogens with one attached hydrogen (secondary N) is 1. The topological polar surface area (TPSA) is 110 Å². The van der Waals surface area contributed by atoms with Crippen molar-refractivity contribution in [3.8, 4) is 0 Å². The molecule has 0 saturated heterocycles. The molecule has 4 N–H and O–H groups in total. The predicted molar refractivity (Wildman–Crippen MR) is 76.3 cm³/mol. The van der Waals surface area contributed by atoms with Gasteiger partial charge in [-0.25, -0.2) is 4.79 Å². The SMILES string of the molecule is Cn1cc(C(NC(=O)Cc2ccc(N)cc2)C(=O)O)cn1. The van der Waals surface area contributed by atoms with Crippen LogP contribution >= 0.6 is 0 Å². The minimum Gasteiger partial charge on any atom is -0.479 e. The van der Waals surface area contributed by atoms with Crippen molar-refractivity contribution >= 4 is 17.6 Å². The summed E-state index contributed by atoms with van der Waals surface area (Å²) >= 11 is 0. The van der Waals surface area contributed by atoms with Gasteiger partial charge in [-0.05, 0) is 17.7 Å². The highest BCUT2D eigenvalue weighted by molar-refractivity contribution is 5.85. The van der Waals surface area contributed by atoms with Gasteiger partial charge in [0.2, 0.25) is 5.91 Å². The number of benzene rings is 1. The van der Waals surface area contributed by atoms with Gasteiger partial charge < -0.3 is 16.2 Å². The maximum absolute atomic E-state index is 12.0. The van der Waals surface area contributed by atoms with Crippen LogP contribution in [0, 0.1) is 0 Å². The van der Waals surface area contributed by atoms with E-state index in [0.29, 0.717) is 11.3 Å². The van der Waals surface area contributed by atoms with E-state index in [1.54, 1.807) is 37.5 Å². The van der Waals surface area contributed by atoms with Crippen LogP contribution in [-0.4, -0.2) is 26.8 Å². The van der Waals surface area contributed by atoms with Crippen molar-refractivity contribution in [3.63, 3.8) is 0 Å². The fraction of sp³-hybridized carbons (Fsp3) is 0.214. The number of aromatic nitrogens is 2. The van der Waals surface area contributed by atoms with E-state index >= 15 is 0 Å². The van der Waals surface area contributed by atoms with E-state index in [4.69, 9.17) is 5.73 Å². The number of amides is 1. The average molecular weight is 288 g/mol. The number of hydrogen-bond acceptors (Lipinski definition) is 4. The maximum Gasteiger partial charge on any atom is 0.331 e. The quantitative estimate of drug-likeness (QED) is 0.693. The molecule has 1 aromatic heterocycles. The molecule has 21 heavy (non-hydrogen) atoms. The highest BCUT2D eigenvalue weighted by Gasteiger charge is 2.23. The summed E-state index contributed by atoms with van der Waals surface area (Å²) in [6.07, 6.45) is 3.06. The molecule has 2 rings (SSSR count). The molecule has 0 aliphatic heterocycles. The fourth-order valence-electron chi connectivity index (χ4n) is 1.91. The molecule has 1 atom stereocenters. The van der Waals surface area contributed by atoms with Gasteiger partial charge in [0.1, 0.15) is 0 Å². The Hall–Kier alpha value is -2.83. The number of anilines is 1. The standard InChI is InChI=1S/C14H16N4O3/c1-18-8-10(7-16-18)13(14(20)21)17-12(19)6-9-2-4-11(15)5-3-9/h2-5,7-8,13H,6,15H2,1H3,(H,17,19)(H,20,21). The van der Waals surface area contributed by atoms with E-state index in [-0.39, 0.29) is 12.3 Å². The van der Waals surface area contributed by atoms with Crippen LogP contribution in [-0.2, 0) is 23.1 Å². The first kappa shape index (κ1) is 14.6. The van der Waals surface area contributed by atoms with Crippen LogP contribution in [0.5, 0.6) is 0 Å². The molecule has 7 nitrogen and oxygen atoms in total. The Kier molecular flexibility index (Phi) is 4.22. The fourth-order valence-corrected chi connectivity index (χ4v) is 1.91. The Balaban J connectivity index is 2.05. The summed E-state index contributed by atoms with van der Waals surface area (Å²) in [4.78, 5) is 23.2. The molecule has 1 heterocycles. The third-order valence-corrected chi connectivity index (χ3v) is 2.95. The lowest BCUT2D eigenvalue weighted by Crippen LogP contribution is -2.34. The number of carbonyl (C=O) groups excluding carboxylic acids is 1. The molecule has 110 valence electrons. The van der Waals surface area contributed by atoms with Crippen LogP contribution in [0.25, 0.3) is 0 Å². The van der Waals surface area contributed by atoms with E-state index < -0.39 is 12.0 Å².